The molecule has 168 valence electrons. The van der Waals surface area contributed by atoms with E-state index in [0.717, 1.165) is 31.0 Å². The predicted molar refractivity (Wildman–Crippen MR) is 120 cm³/mol. The van der Waals surface area contributed by atoms with Crippen LogP contribution in [0.15, 0.2) is 36.4 Å². The first kappa shape index (κ1) is 22.7. The number of rotatable bonds is 8. The van der Waals surface area contributed by atoms with Gasteiger partial charge in [0.1, 0.15) is 18.3 Å². The molecule has 0 saturated heterocycles. The summed E-state index contributed by atoms with van der Waals surface area (Å²) in [5, 5.41) is 5.97. The summed E-state index contributed by atoms with van der Waals surface area (Å²) in [6, 6.07) is 12.2. The molecule has 0 spiro atoms. The molecule has 2 aromatic rings. The molecule has 0 bridgehead atoms. The van der Waals surface area contributed by atoms with Crippen molar-refractivity contribution in [1.29, 1.82) is 0 Å². The first-order valence-corrected chi connectivity index (χ1v) is 10.8. The second kappa shape index (κ2) is 10.4. The normalized spacial score (nSPS) is 18.5. The zero-order valence-electron chi connectivity index (χ0n) is 19.1. The van der Waals surface area contributed by atoms with Gasteiger partial charge in [-0.25, -0.2) is 4.79 Å². The van der Waals surface area contributed by atoms with Gasteiger partial charge in [0.2, 0.25) is 0 Å². The van der Waals surface area contributed by atoms with E-state index in [2.05, 4.69) is 41.8 Å². The minimum atomic E-state index is -0.147. The Balaban J connectivity index is 1.95. The molecule has 1 aliphatic rings. The third-order valence-electron chi connectivity index (χ3n) is 5.92. The lowest BCUT2D eigenvalue weighted by Crippen LogP contribution is -3.13. The molecule has 1 heterocycles. The quantitative estimate of drug-likeness (QED) is 0.602. The van der Waals surface area contributed by atoms with Crippen LogP contribution in [-0.4, -0.2) is 46.5 Å². The third kappa shape index (κ3) is 5.22. The average Bonchev–Trinajstić information content (AvgIpc) is 2.78. The van der Waals surface area contributed by atoms with Crippen molar-refractivity contribution in [2.24, 2.45) is 0 Å². The van der Waals surface area contributed by atoms with E-state index in [0.29, 0.717) is 12.3 Å². The number of benzene rings is 2. The molecule has 0 aromatic heterocycles. The molecule has 3 atom stereocenters. The van der Waals surface area contributed by atoms with Gasteiger partial charge in [0.15, 0.2) is 11.5 Å². The Bertz CT molecular complexity index is 885. The number of hydrogen-bond acceptors (Lipinski definition) is 4. The van der Waals surface area contributed by atoms with Crippen LogP contribution in [0.3, 0.4) is 0 Å². The maximum absolute atomic E-state index is 12.3. The van der Waals surface area contributed by atoms with E-state index in [1.165, 1.54) is 21.6 Å². The summed E-state index contributed by atoms with van der Waals surface area (Å²) in [5.41, 5.74) is 3.66. The summed E-state index contributed by atoms with van der Waals surface area (Å²) in [5.74, 6) is 2.30. The molecule has 2 amide bonds. The highest BCUT2D eigenvalue weighted by Crippen LogP contribution is 2.35. The minimum Gasteiger partial charge on any atom is -0.497 e. The Labute approximate surface area is 184 Å². The van der Waals surface area contributed by atoms with Crippen LogP contribution in [0.1, 0.15) is 36.6 Å². The van der Waals surface area contributed by atoms with E-state index in [-0.39, 0.29) is 18.1 Å². The number of ether oxygens (including phenoxy) is 3. The van der Waals surface area contributed by atoms with Crippen molar-refractivity contribution in [3.8, 4) is 17.2 Å². The van der Waals surface area contributed by atoms with Gasteiger partial charge in [0, 0.05) is 24.1 Å². The standard InChI is InChI=1S/C24H33N3O4/c1-6-25-24(28)26-16(2)23-20-14-22(31-5)21(30-4)13-18(20)11-12-27(23)15-17-7-9-19(29-3)10-8-17/h7-10,13-14,16,23H,6,11-12,15H2,1-5H3,(H2,25,26,28)/p+1/t16-,23+/m1/s1. The Morgan fingerprint density at radius 3 is 2.39 bits per heavy atom. The molecule has 3 rings (SSSR count). The second-order valence-electron chi connectivity index (χ2n) is 7.86. The molecule has 0 saturated carbocycles. The van der Waals surface area contributed by atoms with Gasteiger partial charge in [-0.05, 0) is 55.8 Å². The van der Waals surface area contributed by atoms with Crippen LogP contribution in [-0.2, 0) is 13.0 Å². The Morgan fingerprint density at radius 1 is 1.10 bits per heavy atom. The number of carbonyl (C=O) groups is 1. The monoisotopic (exact) mass is 428 g/mol. The van der Waals surface area contributed by atoms with Crippen molar-refractivity contribution in [3.05, 3.63) is 53.1 Å². The smallest absolute Gasteiger partial charge is 0.315 e. The van der Waals surface area contributed by atoms with Crippen LogP contribution in [0.2, 0.25) is 0 Å². The Morgan fingerprint density at radius 2 is 1.77 bits per heavy atom. The van der Waals surface area contributed by atoms with E-state index in [1.54, 1.807) is 21.3 Å². The minimum absolute atomic E-state index is 0.0723. The zero-order valence-corrected chi connectivity index (χ0v) is 19.1. The average molecular weight is 429 g/mol. The Kier molecular flexibility index (Phi) is 7.63. The maximum atomic E-state index is 12.3. The summed E-state index contributed by atoms with van der Waals surface area (Å²) in [6.07, 6.45) is 0.936. The van der Waals surface area contributed by atoms with Gasteiger partial charge in [-0.1, -0.05) is 0 Å². The summed E-state index contributed by atoms with van der Waals surface area (Å²) < 4.78 is 16.4. The molecule has 0 aliphatic carbocycles. The second-order valence-corrected chi connectivity index (χ2v) is 7.86. The fourth-order valence-electron chi connectivity index (χ4n) is 4.44. The number of methoxy groups -OCH3 is 3. The predicted octanol–water partition coefficient (Wildman–Crippen LogP) is 2.10. The van der Waals surface area contributed by atoms with Crippen molar-refractivity contribution < 1.29 is 23.9 Å². The van der Waals surface area contributed by atoms with Crippen molar-refractivity contribution in [1.82, 2.24) is 10.6 Å². The van der Waals surface area contributed by atoms with Crippen LogP contribution in [0.5, 0.6) is 17.2 Å². The molecule has 2 aromatic carbocycles. The molecule has 7 heteroatoms. The van der Waals surface area contributed by atoms with Gasteiger partial charge >= 0.3 is 6.03 Å². The van der Waals surface area contributed by atoms with E-state index in [9.17, 15) is 4.79 Å². The summed E-state index contributed by atoms with van der Waals surface area (Å²) in [6.45, 7) is 6.38. The highest BCUT2D eigenvalue weighted by molar-refractivity contribution is 5.74. The highest BCUT2D eigenvalue weighted by Gasteiger charge is 2.37. The summed E-state index contributed by atoms with van der Waals surface area (Å²) >= 11 is 0. The van der Waals surface area contributed by atoms with Gasteiger partial charge in [0.25, 0.3) is 0 Å². The largest absolute Gasteiger partial charge is 0.497 e. The molecule has 1 aliphatic heterocycles. The molecule has 1 unspecified atom stereocenters. The third-order valence-corrected chi connectivity index (χ3v) is 5.92. The SMILES string of the molecule is CCNC(=O)N[C@H](C)[C@H]1c2cc(OC)c(OC)cc2CC[NH+]1Cc1ccc(OC)cc1. The fourth-order valence-corrected chi connectivity index (χ4v) is 4.44. The molecule has 0 radical (unpaired) electrons. The maximum Gasteiger partial charge on any atom is 0.315 e. The van der Waals surface area contributed by atoms with Crippen molar-refractivity contribution in [2.75, 3.05) is 34.4 Å². The zero-order chi connectivity index (χ0) is 22.4. The number of carbonyl (C=O) groups excluding carboxylic acids is 1. The highest BCUT2D eigenvalue weighted by atomic mass is 16.5. The lowest BCUT2D eigenvalue weighted by atomic mass is 9.87. The molecule has 3 N–H and O–H groups in total. The van der Waals surface area contributed by atoms with Crippen LogP contribution in [0, 0.1) is 0 Å². The molecule has 31 heavy (non-hydrogen) atoms. The molecular formula is C24H34N3O4+. The number of amides is 2. The summed E-state index contributed by atoms with van der Waals surface area (Å²) in [7, 11) is 4.99. The number of hydrogen-bond donors (Lipinski definition) is 3. The summed E-state index contributed by atoms with van der Waals surface area (Å²) in [4.78, 5) is 13.7. The van der Waals surface area contributed by atoms with Crippen molar-refractivity contribution in [3.63, 3.8) is 0 Å². The van der Waals surface area contributed by atoms with Crippen LogP contribution in [0.4, 0.5) is 4.79 Å². The molecule has 0 fully saturated rings. The van der Waals surface area contributed by atoms with Gasteiger partial charge in [-0.15, -0.1) is 0 Å². The first-order chi connectivity index (χ1) is 15.0. The van der Waals surface area contributed by atoms with Gasteiger partial charge in [-0.2, -0.15) is 0 Å². The van der Waals surface area contributed by atoms with E-state index in [4.69, 9.17) is 14.2 Å². The number of urea groups is 1. The Hall–Kier alpha value is -2.93. The van der Waals surface area contributed by atoms with E-state index >= 15 is 0 Å². The van der Waals surface area contributed by atoms with Crippen molar-refractivity contribution in [2.45, 2.75) is 38.9 Å². The van der Waals surface area contributed by atoms with Crippen LogP contribution in [0.25, 0.3) is 0 Å². The van der Waals surface area contributed by atoms with Crippen molar-refractivity contribution >= 4 is 6.03 Å². The number of nitrogens with one attached hydrogen (secondary N) is 3. The van der Waals surface area contributed by atoms with E-state index in [1.807, 2.05) is 19.1 Å². The lowest BCUT2D eigenvalue weighted by Gasteiger charge is -2.38. The number of fused-ring (bicyclic) bond motifs is 1. The molecular weight excluding hydrogens is 394 g/mol. The van der Waals surface area contributed by atoms with Crippen LogP contribution < -0.4 is 29.7 Å². The van der Waals surface area contributed by atoms with Gasteiger partial charge < -0.3 is 29.7 Å². The van der Waals surface area contributed by atoms with E-state index < -0.39 is 0 Å². The van der Waals surface area contributed by atoms with Crippen LogP contribution >= 0.6 is 0 Å². The van der Waals surface area contributed by atoms with Gasteiger partial charge in [-0.3, -0.25) is 0 Å². The lowest BCUT2D eigenvalue weighted by molar-refractivity contribution is -0.948. The fraction of sp³-hybridized carbons (Fsp3) is 0.458. The van der Waals surface area contributed by atoms with Gasteiger partial charge in [0.05, 0.1) is 33.9 Å². The topological polar surface area (TPSA) is 73.3 Å². The molecule has 7 nitrogen and oxygen atoms in total. The first-order valence-electron chi connectivity index (χ1n) is 10.8. The number of quaternary nitrogens is 1.